The number of H-pyrrole nitrogens is 2. The Kier molecular flexibility index (Phi) is 4.34. The van der Waals surface area contributed by atoms with Crippen LogP contribution < -0.4 is 11.0 Å². The number of aromatic nitrogens is 6. The van der Waals surface area contributed by atoms with Crippen molar-refractivity contribution in [2.24, 2.45) is 4.99 Å². The molecule has 2 N–H and O–H groups in total. The number of imidazole rings is 1. The average Bonchev–Trinajstić information content (AvgIpc) is 3.26. The highest BCUT2D eigenvalue weighted by Gasteiger charge is 2.21. The van der Waals surface area contributed by atoms with Crippen molar-refractivity contribution in [3.05, 3.63) is 88.6 Å². The minimum Gasteiger partial charge on any atom is -0.340 e. The van der Waals surface area contributed by atoms with Gasteiger partial charge >= 0.3 is 0 Å². The second-order valence-corrected chi connectivity index (χ2v) is 6.93. The van der Waals surface area contributed by atoms with Crippen molar-refractivity contribution in [3.8, 4) is 5.69 Å². The van der Waals surface area contributed by atoms with Gasteiger partial charge in [-0.15, -0.1) is 0 Å². The summed E-state index contributed by atoms with van der Waals surface area (Å²) in [5, 5.41) is -0.0770. The molecule has 3 heterocycles. The molecule has 2 aromatic carbocycles. The predicted molar refractivity (Wildman–Crippen MR) is 114 cm³/mol. The lowest BCUT2D eigenvalue weighted by Gasteiger charge is -2.18. The first-order chi connectivity index (χ1) is 15.6. The highest BCUT2D eigenvalue weighted by molar-refractivity contribution is 5.78. The molecule has 0 bridgehead atoms. The summed E-state index contributed by atoms with van der Waals surface area (Å²) in [6, 6.07) is 12.7. The van der Waals surface area contributed by atoms with Gasteiger partial charge in [0.1, 0.15) is 30.0 Å². The van der Waals surface area contributed by atoms with Gasteiger partial charge in [0.05, 0.1) is 23.8 Å². The van der Waals surface area contributed by atoms with Crippen LogP contribution in [-0.2, 0) is 0 Å². The van der Waals surface area contributed by atoms with Gasteiger partial charge in [0, 0.05) is 0 Å². The van der Waals surface area contributed by atoms with Gasteiger partial charge in [-0.1, -0.05) is 31.2 Å². The van der Waals surface area contributed by atoms with Gasteiger partial charge in [-0.05, 0) is 30.7 Å². The van der Waals surface area contributed by atoms with Crippen LogP contribution in [0.5, 0.6) is 0 Å². The standard InChI is InChI=1S/C22H18FN7O/c1-2-15(28-20-18-19(25-11-24-18)26-12-27-20)21-29-16-10-6-9-14(23)17(16)22(31)30(21)13-7-4-3-5-8-13/h3-12,15H,2H2,1H3,(H2,24,25,26,27,28)/t15-/m0/s1/i12D. The molecule has 0 amide bonds. The molecule has 0 saturated carbocycles. The van der Waals surface area contributed by atoms with Gasteiger partial charge in [-0.2, -0.15) is 0 Å². The second kappa shape index (κ2) is 7.60. The van der Waals surface area contributed by atoms with Crippen LogP contribution in [-0.4, -0.2) is 29.5 Å². The SMILES string of the molecule is [2H]c1nc(=N[C@@H](CC)c2nc3cccc(F)c3c(=O)n2-c2ccccc2)c2[nH]cnc2[nH]1. The molecule has 8 nitrogen and oxygen atoms in total. The topological polar surface area (TPSA) is 105 Å². The van der Waals surface area contributed by atoms with E-state index in [1.807, 2.05) is 13.0 Å². The first-order valence-electron chi connectivity index (χ1n) is 10.3. The van der Waals surface area contributed by atoms with E-state index in [-0.39, 0.29) is 22.7 Å². The van der Waals surface area contributed by atoms with Crippen molar-refractivity contribution in [3.63, 3.8) is 0 Å². The molecule has 0 aliphatic rings. The molecular formula is C22H18FN7O. The summed E-state index contributed by atoms with van der Waals surface area (Å²) in [6.07, 6.45) is 1.88. The van der Waals surface area contributed by atoms with E-state index >= 15 is 0 Å². The zero-order valence-electron chi connectivity index (χ0n) is 17.5. The van der Waals surface area contributed by atoms with Crippen molar-refractivity contribution in [1.82, 2.24) is 29.5 Å². The van der Waals surface area contributed by atoms with E-state index < -0.39 is 17.4 Å². The fraction of sp³-hybridized carbons (Fsp3) is 0.136. The smallest absolute Gasteiger partial charge is 0.269 e. The number of nitrogens with one attached hydrogen (secondary N) is 2. The van der Waals surface area contributed by atoms with Crippen LogP contribution in [0.2, 0.25) is 0 Å². The Morgan fingerprint density at radius 2 is 2.00 bits per heavy atom. The Labute approximate surface area is 176 Å². The normalized spacial score (nSPS) is 13.6. The maximum absolute atomic E-state index is 14.6. The molecule has 154 valence electrons. The first-order valence-corrected chi connectivity index (χ1v) is 9.77. The Hall–Kier alpha value is -4.14. The lowest BCUT2D eigenvalue weighted by Crippen LogP contribution is -2.27. The fourth-order valence-electron chi connectivity index (χ4n) is 3.58. The highest BCUT2D eigenvalue weighted by Crippen LogP contribution is 2.23. The van der Waals surface area contributed by atoms with E-state index in [4.69, 9.17) is 6.36 Å². The Morgan fingerprint density at radius 3 is 2.81 bits per heavy atom. The molecule has 0 unspecified atom stereocenters. The number of fused-ring (bicyclic) bond motifs is 2. The number of benzene rings is 2. The minimum atomic E-state index is -0.625. The fourth-order valence-corrected chi connectivity index (χ4v) is 3.58. The summed E-state index contributed by atoms with van der Waals surface area (Å²) in [5.41, 5.74) is 1.58. The highest BCUT2D eigenvalue weighted by atomic mass is 19.1. The van der Waals surface area contributed by atoms with E-state index in [1.54, 1.807) is 30.3 Å². The third-order valence-electron chi connectivity index (χ3n) is 5.05. The third kappa shape index (κ3) is 3.20. The first kappa shape index (κ1) is 17.7. The zero-order valence-corrected chi connectivity index (χ0v) is 16.5. The van der Waals surface area contributed by atoms with E-state index in [0.29, 0.717) is 29.1 Å². The number of para-hydroxylation sites is 1. The van der Waals surface area contributed by atoms with E-state index in [1.165, 1.54) is 23.0 Å². The summed E-state index contributed by atoms with van der Waals surface area (Å²) in [6.45, 7) is 1.91. The van der Waals surface area contributed by atoms with Gasteiger partial charge in [-0.25, -0.2) is 19.3 Å². The second-order valence-electron chi connectivity index (χ2n) is 6.93. The quantitative estimate of drug-likeness (QED) is 0.469. The van der Waals surface area contributed by atoms with Crippen molar-refractivity contribution >= 4 is 22.1 Å². The lowest BCUT2D eigenvalue weighted by molar-refractivity contribution is 0.603. The number of halogens is 1. The number of rotatable bonds is 4. The molecule has 5 rings (SSSR count). The Bertz CT molecular complexity index is 1570. The number of hydrogen-bond donors (Lipinski definition) is 2. The molecule has 0 aliphatic heterocycles. The van der Waals surface area contributed by atoms with Gasteiger partial charge < -0.3 is 9.97 Å². The molecule has 31 heavy (non-hydrogen) atoms. The minimum absolute atomic E-state index is 0.0770. The predicted octanol–water partition coefficient (Wildman–Crippen LogP) is 3.18. The molecule has 0 radical (unpaired) electrons. The molecular weight excluding hydrogens is 397 g/mol. The van der Waals surface area contributed by atoms with Gasteiger partial charge in [-0.3, -0.25) is 14.4 Å². The van der Waals surface area contributed by atoms with Crippen molar-refractivity contribution in [2.45, 2.75) is 19.4 Å². The summed E-state index contributed by atoms with van der Waals surface area (Å²) in [7, 11) is 0. The molecule has 9 heteroatoms. The van der Waals surface area contributed by atoms with Gasteiger partial charge in [0.25, 0.3) is 5.56 Å². The summed E-state index contributed by atoms with van der Waals surface area (Å²) < 4.78 is 23.9. The number of hydrogen-bond acceptors (Lipinski definition) is 5. The number of nitrogens with zero attached hydrogens (tertiary/aromatic N) is 5. The van der Waals surface area contributed by atoms with Crippen LogP contribution in [0, 0.1) is 5.82 Å². The van der Waals surface area contributed by atoms with Crippen LogP contribution in [0.25, 0.3) is 27.8 Å². The van der Waals surface area contributed by atoms with Crippen molar-refractivity contribution in [1.29, 1.82) is 0 Å². The summed E-state index contributed by atoms with van der Waals surface area (Å²) in [4.78, 5) is 36.9. The third-order valence-corrected chi connectivity index (χ3v) is 5.05. The molecule has 0 aliphatic carbocycles. The molecule has 0 spiro atoms. The molecule has 0 fully saturated rings. The largest absolute Gasteiger partial charge is 0.340 e. The lowest BCUT2D eigenvalue weighted by atomic mass is 10.1. The van der Waals surface area contributed by atoms with Crippen LogP contribution >= 0.6 is 0 Å². The Morgan fingerprint density at radius 1 is 1.16 bits per heavy atom. The van der Waals surface area contributed by atoms with E-state index in [2.05, 4.69) is 24.9 Å². The molecule has 3 aromatic heterocycles. The van der Waals surface area contributed by atoms with Gasteiger partial charge in [0.15, 0.2) is 11.1 Å². The van der Waals surface area contributed by atoms with Crippen LogP contribution in [0.3, 0.4) is 0 Å². The van der Waals surface area contributed by atoms with Crippen LogP contribution in [0.15, 0.2) is 70.9 Å². The number of aromatic amines is 2. The van der Waals surface area contributed by atoms with Crippen LogP contribution in [0.1, 0.15) is 26.6 Å². The average molecular weight is 416 g/mol. The van der Waals surface area contributed by atoms with Crippen LogP contribution in [0.4, 0.5) is 4.39 Å². The van der Waals surface area contributed by atoms with Crippen molar-refractivity contribution < 1.29 is 5.76 Å². The monoisotopic (exact) mass is 416 g/mol. The maximum Gasteiger partial charge on any atom is 0.269 e. The maximum atomic E-state index is 14.6. The molecule has 0 saturated heterocycles. The summed E-state index contributed by atoms with van der Waals surface area (Å²) in [5.74, 6) is -0.268. The van der Waals surface area contributed by atoms with Gasteiger partial charge in [0.2, 0.25) is 0 Å². The van der Waals surface area contributed by atoms with E-state index in [0.717, 1.165) is 0 Å². The molecule has 1 atom stereocenters. The van der Waals surface area contributed by atoms with Crippen molar-refractivity contribution in [2.75, 3.05) is 0 Å². The molecule has 5 aromatic rings. The Balaban J connectivity index is 1.84. The zero-order chi connectivity index (χ0) is 22.2. The summed E-state index contributed by atoms with van der Waals surface area (Å²) >= 11 is 0. The van der Waals surface area contributed by atoms with E-state index in [9.17, 15) is 9.18 Å².